The number of carbonyl (C=O) groups excluding carboxylic acids is 1. The van der Waals surface area contributed by atoms with Gasteiger partial charge in [0.1, 0.15) is 18.2 Å². The van der Waals surface area contributed by atoms with Crippen molar-refractivity contribution >= 4 is 11.9 Å². The van der Waals surface area contributed by atoms with Crippen LogP contribution in [0.4, 0.5) is 8.78 Å². The summed E-state index contributed by atoms with van der Waals surface area (Å²) < 4.78 is 42.3. The average Bonchev–Trinajstić information content (AvgIpc) is 2.62. The van der Waals surface area contributed by atoms with Gasteiger partial charge in [-0.1, -0.05) is 0 Å². The normalized spacial score (nSPS) is 10.9. The molecule has 6 heteroatoms. The molecule has 0 saturated carbocycles. The van der Waals surface area contributed by atoms with E-state index >= 15 is 0 Å². The number of ketones is 1. The molecule has 0 amide bonds. The molecule has 0 unspecified atom stereocenters. The standard InChI is InChI=1S/C19H18F2O4/c1-23-9-10-25-18-8-4-14(12-19(18)24-2)17(22)7-3-13-11-15(20)5-6-16(13)21/h3-8,11-12H,9-10H2,1-2H3/b7-3+. The van der Waals surface area contributed by atoms with Gasteiger partial charge in [-0.05, 0) is 48.6 Å². The van der Waals surface area contributed by atoms with E-state index in [-0.39, 0.29) is 11.3 Å². The maximum absolute atomic E-state index is 13.6. The van der Waals surface area contributed by atoms with Crippen LogP contribution in [0, 0.1) is 11.6 Å². The van der Waals surface area contributed by atoms with Crippen LogP contribution in [0.3, 0.4) is 0 Å². The molecule has 25 heavy (non-hydrogen) atoms. The van der Waals surface area contributed by atoms with Crippen molar-refractivity contribution in [2.24, 2.45) is 0 Å². The number of hydrogen-bond acceptors (Lipinski definition) is 4. The lowest BCUT2D eigenvalue weighted by atomic mass is 10.1. The van der Waals surface area contributed by atoms with Crippen LogP contribution in [0.5, 0.6) is 11.5 Å². The van der Waals surface area contributed by atoms with Gasteiger partial charge in [0.15, 0.2) is 17.3 Å². The predicted molar refractivity (Wildman–Crippen MR) is 90.1 cm³/mol. The van der Waals surface area contributed by atoms with E-state index in [1.54, 1.807) is 19.2 Å². The van der Waals surface area contributed by atoms with Crippen LogP contribution in [0.2, 0.25) is 0 Å². The molecule has 2 rings (SSSR count). The van der Waals surface area contributed by atoms with Crippen LogP contribution in [0.25, 0.3) is 6.08 Å². The molecule has 0 heterocycles. The van der Waals surface area contributed by atoms with Gasteiger partial charge in [-0.15, -0.1) is 0 Å². The first-order valence-corrected chi connectivity index (χ1v) is 7.52. The minimum absolute atomic E-state index is 0.000154. The molecule has 0 aromatic heterocycles. The van der Waals surface area contributed by atoms with Crippen LogP contribution in [0.15, 0.2) is 42.5 Å². The highest BCUT2D eigenvalue weighted by molar-refractivity contribution is 6.07. The number of methoxy groups -OCH3 is 2. The first kappa shape index (κ1) is 18.6. The highest BCUT2D eigenvalue weighted by Crippen LogP contribution is 2.28. The Kier molecular flexibility index (Phi) is 6.65. The van der Waals surface area contributed by atoms with Crippen molar-refractivity contribution in [1.82, 2.24) is 0 Å². The fraction of sp³-hybridized carbons (Fsp3) is 0.211. The smallest absolute Gasteiger partial charge is 0.185 e. The predicted octanol–water partition coefficient (Wildman–Crippen LogP) is 3.89. The maximum Gasteiger partial charge on any atom is 0.185 e. The number of ether oxygens (including phenoxy) is 3. The Bertz CT molecular complexity index is 772. The molecule has 0 bridgehead atoms. The molecule has 0 aliphatic rings. The van der Waals surface area contributed by atoms with Gasteiger partial charge in [-0.2, -0.15) is 0 Å². The van der Waals surface area contributed by atoms with Gasteiger partial charge in [0.25, 0.3) is 0 Å². The molecule has 0 fully saturated rings. The van der Waals surface area contributed by atoms with Crippen molar-refractivity contribution in [1.29, 1.82) is 0 Å². The van der Waals surface area contributed by atoms with Gasteiger partial charge >= 0.3 is 0 Å². The summed E-state index contributed by atoms with van der Waals surface area (Å²) in [6.07, 6.45) is 2.41. The van der Waals surface area contributed by atoms with E-state index in [1.807, 2.05) is 0 Å². The fourth-order valence-corrected chi connectivity index (χ4v) is 2.08. The summed E-state index contributed by atoms with van der Waals surface area (Å²) in [5, 5.41) is 0. The van der Waals surface area contributed by atoms with Crippen LogP contribution < -0.4 is 9.47 Å². The molecule has 0 aliphatic carbocycles. The van der Waals surface area contributed by atoms with E-state index in [4.69, 9.17) is 14.2 Å². The summed E-state index contributed by atoms with van der Waals surface area (Å²) >= 11 is 0. The Labute approximate surface area is 144 Å². The molecule has 4 nitrogen and oxygen atoms in total. The molecule has 2 aromatic rings. The third-order valence-electron chi connectivity index (χ3n) is 3.37. The van der Waals surface area contributed by atoms with Gasteiger partial charge in [0, 0.05) is 18.2 Å². The first-order valence-electron chi connectivity index (χ1n) is 7.52. The quantitative estimate of drug-likeness (QED) is 0.412. The summed E-state index contributed by atoms with van der Waals surface area (Å²) in [5.74, 6) is -0.674. The number of halogens is 2. The largest absolute Gasteiger partial charge is 0.493 e. The van der Waals surface area contributed by atoms with Crippen LogP contribution in [-0.2, 0) is 4.74 Å². The highest BCUT2D eigenvalue weighted by atomic mass is 19.1. The van der Waals surface area contributed by atoms with E-state index in [2.05, 4.69) is 0 Å². The van der Waals surface area contributed by atoms with E-state index in [0.717, 1.165) is 18.2 Å². The zero-order valence-corrected chi connectivity index (χ0v) is 13.9. The number of hydrogen-bond donors (Lipinski definition) is 0. The maximum atomic E-state index is 13.6. The van der Waals surface area contributed by atoms with E-state index in [9.17, 15) is 13.6 Å². The van der Waals surface area contributed by atoms with Crippen molar-refractivity contribution in [3.8, 4) is 11.5 Å². The summed E-state index contributed by atoms with van der Waals surface area (Å²) in [7, 11) is 3.03. The average molecular weight is 348 g/mol. The third-order valence-corrected chi connectivity index (χ3v) is 3.37. The lowest BCUT2D eigenvalue weighted by molar-refractivity contribution is 0.104. The number of benzene rings is 2. The number of rotatable bonds is 8. The molecule has 0 saturated heterocycles. The fourth-order valence-electron chi connectivity index (χ4n) is 2.08. The zero-order valence-electron chi connectivity index (χ0n) is 13.9. The SMILES string of the molecule is COCCOc1ccc(C(=O)/C=C/c2cc(F)ccc2F)cc1OC. The molecule has 0 N–H and O–H groups in total. The molecular formula is C19H18F2O4. The zero-order chi connectivity index (χ0) is 18.2. The monoisotopic (exact) mass is 348 g/mol. The van der Waals surface area contributed by atoms with Crippen molar-refractivity contribution < 1.29 is 27.8 Å². The third kappa shape index (κ3) is 5.12. The summed E-state index contributed by atoms with van der Waals surface area (Å²) in [6.45, 7) is 0.769. The van der Waals surface area contributed by atoms with Crippen LogP contribution >= 0.6 is 0 Å². The van der Waals surface area contributed by atoms with Gasteiger partial charge in [0.2, 0.25) is 0 Å². The number of allylic oxidation sites excluding steroid dienone is 1. The molecule has 132 valence electrons. The molecule has 0 aliphatic heterocycles. The van der Waals surface area contributed by atoms with Crippen LogP contribution in [0.1, 0.15) is 15.9 Å². The molecular weight excluding hydrogens is 330 g/mol. The van der Waals surface area contributed by atoms with Crippen molar-refractivity contribution in [2.75, 3.05) is 27.4 Å². The second-order valence-corrected chi connectivity index (χ2v) is 5.07. The summed E-state index contributed by atoms with van der Waals surface area (Å²) in [4.78, 5) is 12.2. The van der Waals surface area contributed by atoms with Crippen molar-refractivity contribution in [2.45, 2.75) is 0 Å². The summed E-state index contributed by atoms with van der Waals surface area (Å²) in [5.41, 5.74) is 0.337. The second kappa shape index (κ2) is 8.94. The molecule has 2 aromatic carbocycles. The Hall–Kier alpha value is -2.73. The van der Waals surface area contributed by atoms with E-state index in [1.165, 1.54) is 25.3 Å². The van der Waals surface area contributed by atoms with Crippen molar-refractivity contribution in [3.05, 3.63) is 65.2 Å². The topological polar surface area (TPSA) is 44.8 Å². The molecule has 0 radical (unpaired) electrons. The minimum atomic E-state index is -0.607. The molecule has 0 spiro atoms. The lowest BCUT2D eigenvalue weighted by Crippen LogP contribution is -2.06. The number of carbonyl (C=O) groups is 1. The molecule has 0 atom stereocenters. The Morgan fingerprint density at radius 3 is 2.56 bits per heavy atom. The van der Waals surface area contributed by atoms with E-state index < -0.39 is 11.6 Å². The Morgan fingerprint density at radius 1 is 1.04 bits per heavy atom. The second-order valence-electron chi connectivity index (χ2n) is 5.07. The van der Waals surface area contributed by atoms with Gasteiger partial charge < -0.3 is 14.2 Å². The summed E-state index contributed by atoms with van der Waals surface area (Å²) in [6, 6.07) is 7.75. The highest BCUT2D eigenvalue weighted by Gasteiger charge is 2.10. The van der Waals surface area contributed by atoms with Crippen molar-refractivity contribution in [3.63, 3.8) is 0 Å². The van der Waals surface area contributed by atoms with Gasteiger partial charge in [-0.3, -0.25) is 4.79 Å². The van der Waals surface area contributed by atoms with Gasteiger partial charge in [0.05, 0.1) is 13.7 Å². The first-order chi connectivity index (χ1) is 12.0. The minimum Gasteiger partial charge on any atom is -0.493 e. The van der Waals surface area contributed by atoms with Crippen LogP contribution in [-0.4, -0.2) is 33.2 Å². The Balaban J connectivity index is 2.16. The van der Waals surface area contributed by atoms with Gasteiger partial charge in [-0.25, -0.2) is 8.78 Å². The Morgan fingerprint density at radius 2 is 1.84 bits per heavy atom. The van der Waals surface area contributed by atoms with E-state index in [0.29, 0.717) is 30.3 Å². The lowest BCUT2D eigenvalue weighted by Gasteiger charge is -2.11.